The molecule has 0 atom stereocenters. The van der Waals surface area contributed by atoms with Gasteiger partial charge in [0.25, 0.3) is 0 Å². The van der Waals surface area contributed by atoms with Crippen LogP contribution in [0.25, 0.3) is 0 Å². The second kappa shape index (κ2) is 3.30. The molecule has 1 aromatic rings. The number of nitrogens with two attached hydrogens (primary N) is 1. The number of primary amides is 1. The molecule has 0 saturated carbocycles. The molecule has 64 valence electrons. The Morgan fingerprint density at radius 2 is 2.42 bits per heavy atom. The molecule has 0 aliphatic heterocycles. The van der Waals surface area contributed by atoms with Gasteiger partial charge in [0.05, 0.1) is 11.3 Å². The summed E-state index contributed by atoms with van der Waals surface area (Å²) >= 11 is 0. The first-order valence-electron chi connectivity index (χ1n) is 3.59. The lowest BCUT2D eigenvalue weighted by atomic mass is 10.2. The van der Waals surface area contributed by atoms with Crippen molar-refractivity contribution >= 4 is 5.91 Å². The number of pyridine rings is 1. The first-order chi connectivity index (χ1) is 5.65. The molecule has 0 saturated heterocycles. The molecule has 4 heteroatoms. The van der Waals surface area contributed by atoms with Crippen molar-refractivity contribution in [3.05, 3.63) is 29.3 Å². The van der Waals surface area contributed by atoms with Crippen LogP contribution in [0.3, 0.4) is 0 Å². The van der Waals surface area contributed by atoms with Crippen molar-refractivity contribution in [1.29, 1.82) is 0 Å². The van der Waals surface area contributed by atoms with Gasteiger partial charge in [-0.1, -0.05) is 6.92 Å². The Balaban J connectivity index is 3.10. The molecule has 0 unspecified atom stereocenters. The highest BCUT2D eigenvalue weighted by atomic mass is 19.1. The summed E-state index contributed by atoms with van der Waals surface area (Å²) in [4.78, 5) is 14.3. The van der Waals surface area contributed by atoms with Crippen LogP contribution in [0.5, 0.6) is 0 Å². The Morgan fingerprint density at radius 1 is 1.75 bits per heavy atom. The highest BCUT2D eigenvalue weighted by Gasteiger charge is 2.06. The van der Waals surface area contributed by atoms with Crippen molar-refractivity contribution in [3.8, 4) is 0 Å². The number of rotatable bonds is 2. The first-order valence-corrected chi connectivity index (χ1v) is 3.59. The molecule has 0 aromatic carbocycles. The molecule has 0 aliphatic rings. The molecule has 12 heavy (non-hydrogen) atoms. The fourth-order valence-electron chi connectivity index (χ4n) is 0.861. The first kappa shape index (κ1) is 8.64. The van der Waals surface area contributed by atoms with E-state index in [0.717, 1.165) is 6.07 Å². The maximum absolute atomic E-state index is 12.9. The topological polar surface area (TPSA) is 56.0 Å². The van der Waals surface area contributed by atoms with Gasteiger partial charge in [0.1, 0.15) is 5.82 Å². The van der Waals surface area contributed by atoms with Crippen molar-refractivity contribution in [1.82, 2.24) is 4.98 Å². The van der Waals surface area contributed by atoms with Crippen LogP contribution >= 0.6 is 0 Å². The Bertz CT molecular complexity index is 312. The number of hydrogen-bond acceptors (Lipinski definition) is 2. The number of aryl methyl sites for hydroxylation is 1. The molecule has 1 amide bonds. The summed E-state index contributed by atoms with van der Waals surface area (Å²) < 4.78 is 12.9. The quantitative estimate of drug-likeness (QED) is 0.712. The number of aromatic nitrogens is 1. The van der Waals surface area contributed by atoms with Gasteiger partial charge < -0.3 is 5.73 Å². The second-order valence-corrected chi connectivity index (χ2v) is 2.37. The minimum Gasteiger partial charge on any atom is -0.366 e. The van der Waals surface area contributed by atoms with E-state index < -0.39 is 11.7 Å². The van der Waals surface area contributed by atoms with Crippen molar-refractivity contribution < 1.29 is 9.18 Å². The van der Waals surface area contributed by atoms with E-state index in [-0.39, 0.29) is 5.56 Å². The summed E-state index contributed by atoms with van der Waals surface area (Å²) in [5, 5.41) is 0. The molecule has 2 N–H and O–H groups in total. The van der Waals surface area contributed by atoms with Crippen molar-refractivity contribution in [2.75, 3.05) is 0 Å². The van der Waals surface area contributed by atoms with E-state index in [9.17, 15) is 9.18 Å². The number of carbonyl (C=O) groups excluding carboxylic acids is 1. The highest BCUT2D eigenvalue weighted by Crippen LogP contribution is 2.06. The van der Waals surface area contributed by atoms with E-state index in [0.29, 0.717) is 12.1 Å². The lowest BCUT2D eigenvalue weighted by molar-refractivity contribution is 0.0999. The van der Waals surface area contributed by atoms with Crippen molar-refractivity contribution in [2.45, 2.75) is 13.3 Å². The molecule has 1 heterocycles. The number of hydrogen-bond donors (Lipinski definition) is 1. The Kier molecular flexibility index (Phi) is 2.38. The highest BCUT2D eigenvalue weighted by molar-refractivity contribution is 5.92. The summed E-state index contributed by atoms with van der Waals surface area (Å²) in [5.74, 6) is -1.14. The van der Waals surface area contributed by atoms with Crippen LogP contribution in [0.1, 0.15) is 23.0 Å². The van der Waals surface area contributed by atoms with Gasteiger partial charge in [0.2, 0.25) is 5.91 Å². The number of nitrogens with zero attached hydrogens (tertiary/aromatic N) is 1. The number of amides is 1. The molecule has 1 rings (SSSR count). The molecule has 0 aliphatic carbocycles. The summed E-state index contributed by atoms with van der Waals surface area (Å²) in [6.07, 6.45) is 1.79. The number of halogens is 1. The molecular formula is C8H9FN2O. The monoisotopic (exact) mass is 168 g/mol. The van der Waals surface area contributed by atoms with E-state index in [1.165, 1.54) is 6.20 Å². The lowest BCUT2D eigenvalue weighted by Crippen LogP contribution is -2.12. The molecule has 0 fully saturated rings. The van der Waals surface area contributed by atoms with Crippen LogP contribution in [0, 0.1) is 5.82 Å². The maximum Gasteiger partial charge on any atom is 0.250 e. The van der Waals surface area contributed by atoms with E-state index >= 15 is 0 Å². The Morgan fingerprint density at radius 3 is 2.83 bits per heavy atom. The van der Waals surface area contributed by atoms with Crippen LogP contribution in [-0.2, 0) is 6.42 Å². The van der Waals surface area contributed by atoms with E-state index in [2.05, 4.69) is 4.98 Å². The average molecular weight is 168 g/mol. The van der Waals surface area contributed by atoms with Crippen LogP contribution in [-0.4, -0.2) is 10.9 Å². The van der Waals surface area contributed by atoms with Crippen LogP contribution in [0.4, 0.5) is 4.39 Å². The third-order valence-electron chi connectivity index (χ3n) is 1.54. The molecule has 1 aromatic heterocycles. The van der Waals surface area contributed by atoms with Crippen LogP contribution in [0.2, 0.25) is 0 Å². The summed E-state index contributed by atoms with van der Waals surface area (Å²) in [7, 11) is 0. The van der Waals surface area contributed by atoms with Crippen LogP contribution in [0.15, 0.2) is 12.3 Å². The minimum atomic E-state index is -0.663. The Hall–Kier alpha value is -1.45. The summed E-state index contributed by atoms with van der Waals surface area (Å²) in [6, 6.07) is 1.11. The van der Waals surface area contributed by atoms with E-state index in [1.54, 1.807) is 6.92 Å². The standard InChI is InChI=1S/C8H9FN2O/c1-2-7-6(9)3-5(4-11-7)8(10)12/h3-4H,2H2,1H3,(H2,10,12). The van der Waals surface area contributed by atoms with Crippen molar-refractivity contribution in [3.63, 3.8) is 0 Å². The van der Waals surface area contributed by atoms with Gasteiger partial charge in [-0.25, -0.2) is 4.39 Å². The smallest absolute Gasteiger partial charge is 0.250 e. The van der Waals surface area contributed by atoms with Gasteiger partial charge >= 0.3 is 0 Å². The molecule has 0 radical (unpaired) electrons. The third-order valence-corrected chi connectivity index (χ3v) is 1.54. The molecule has 0 spiro atoms. The number of carbonyl (C=O) groups is 1. The van der Waals surface area contributed by atoms with Gasteiger partial charge in [-0.15, -0.1) is 0 Å². The zero-order chi connectivity index (χ0) is 9.14. The van der Waals surface area contributed by atoms with Gasteiger partial charge in [0, 0.05) is 6.20 Å². The van der Waals surface area contributed by atoms with Crippen LogP contribution < -0.4 is 5.73 Å². The summed E-state index contributed by atoms with van der Waals surface area (Å²) in [6.45, 7) is 1.79. The molecule has 0 bridgehead atoms. The third kappa shape index (κ3) is 1.58. The molecular weight excluding hydrogens is 159 g/mol. The van der Waals surface area contributed by atoms with E-state index in [4.69, 9.17) is 5.73 Å². The fraction of sp³-hybridized carbons (Fsp3) is 0.250. The van der Waals surface area contributed by atoms with Gasteiger partial charge in [-0.2, -0.15) is 0 Å². The normalized spacial score (nSPS) is 9.83. The van der Waals surface area contributed by atoms with Gasteiger partial charge in [0.15, 0.2) is 0 Å². The largest absolute Gasteiger partial charge is 0.366 e. The van der Waals surface area contributed by atoms with Crippen molar-refractivity contribution in [2.24, 2.45) is 5.73 Å². The Labute approximate surface area is 69.4 Å². The van der Waals surface area contributed by atoms with E-state index in [1.807, 2.05) is 0 Å². The molecule has 3 nitrogen and oxygen atoms in total. The fourth-order valence-corrected chi connectivity index (χ4v) is 0.861. The SMILES string of the molecule is CCc1ncc(C(N)=O)cc1F. The van der Waals surface area contributed by atoms with Gasteiger partial charge in [-0.3, -0.25) is 9.78 Å². The maximum atomic E-state index is 12.9. The average Bonchev–Trinajstić information content (AvgIpc) is 2.04. The predicted octanol–water partition coefficient (Wildman–Crippen LogP) is 0.882. The predicted molar refractivity (Wildman–Crippen MR) is 42.1 cm³/mol. The summed E-state index contributed by atoms with van der Waals surface area (Å²) in [5.41, 5.74) is 5.38. The zero-order valence-electron chi connectivity index (χ0n) is 6.67. The van der Waals surface area contributed by atoms with Gasteiger partial charge in [-0.05, 0) is 12.5 Å². The lowest BCUT2D eigenvalue weighted by Gasteiger charge is -1.99. The zero-order valence-corrected chi connectivity index (χ0v) is 6.67. The second-order valence-electron chi connectivity index (χ2n) is 2.37. The minimum absolute atomic E-state index is 0.102.